The van der Waals surface area contributed by atoms with Crippen LogP contribution in [0.2, 0.25) is 0 Å². The number of pyridine rings is 1. The van der Waals surface area contributed by atoms with Gasteiger partial charge in [0.1, 0.15) is 5.82 Å². The van der Waals surface area contributed by atoms with Crippen LogP contribution in [0.3, 0.4) is 0 Å². The molecule has 0 atom stereocenters. The normalized spacial score (nSPS) is 9.57. The Kier molecular flexibility index (Phi) is 4.05. The fourth-order valence-electron chi connectivity index (χ4n) is 1.75. The Hall–Kier alpha value is -3.06. The molecule has 104 valence electrons. The van der Waals surface area contributed by atoms with Gasteiger partial charge in [-0.05, 0) is 30.7 Å². The molecule has 0 amide bonds. The van der Waals surface area contributed by atoms with Gasteiger partial charge in [-0.25, -0.2) is 9.78 Å². The zero-order chi connectivity index (χ0) is 15.4. The summed E-state index contributed by atoms with van der Waals surface area (Å²) in [6.45, 7) is 5.54. The van der Waals surface area contributed by atoms with Crippen LogP contribution >= 0.6 is 0 Å². The van der Waals surface area contributed by atoms with E-state index in [0.29, 0.717) is 16.9 Å². The molecule has 3 N–H and O–H groups in total. The maximum Gasteiger partial charge on any atom is 0.335 e. The van der Waals surface area contributed by atoms with Crippen LogP contribution in [0.1, 0.15) is 32.6 Å². The number of anilines is 1. The van der Waals surface area contributed by atoms with Crippen LogP contribution in [0.25, 0.3) is 6.08 Å². The third-order valence-corrected chi connectivity index (χ3v) is 3.00. The van der Waals surface area contributed by atoms with E-state index in [2.05, 4.69) is 23.4 Å². The highest BCUT2D eigenvalue weighted by atomic mass is 16.4. The van der Waals surface area contributed by atoms with Gasteiger partial charge in [-0.2, -0.15) is 0 Å². The number of carboxylic acids is 1. The van der Waals surface area contributed by atoms with Crippen molar-refractivity contribution in [3.63, 3.8) is 0 Å². The number of carbonyl (C=O) groups is 1. The summed E-state index contributed by atoms with van der Waals surface area (Å²) in [7, 11) is 0. The number of hydrogen-bond donors (Lipinski definition) is 2. The van der Waals surface area contributed by atoms with Crippen molar-refractivity contribution in [2.45, 2.75) is 6.92 Å². The third-order valence-electron chi connectivity index (χ3n) is 3.00. The molecule has 4 heteroatoms. The van der Waals surface area contributed by atoms with Gasteiger partial charge in [0.15, 0.2) is 0 Å². The minimum atomic E-state index is -0.971. The largest absolute Gasteiger partial charge is 0.478 e. The van der Waals surface area contributed by atoms with Gasteiger partial charge >= 0.3 is 5.97 Å². The number of carboxylic acid groups (broad SMARTS) is 1. The molecule has 0 aliphatic heterocycles. The minimum absolute atomic E-state index is 0.215. The van der Waals surface area contributed by atoms with Gasteiger partial charge in [-0.1, -0.05) is 30.6 Å². The summed E-state index contributed by atoms with van der Waals surface area (Å²) in [5.74, 6) is 5.36. The quantitative estimate of drug-likeness (QED) is 0.828. The van der Waals surface area contributed by atoms with E-state index >= 15 is 0 Å². The number of nitrogens with two attached hydrogens (primary N) is 1. The number of nitrogen functional groups attached to an aromatic ring is 1. The van der Waals surface area contributed by atoms with E-state index in [0.717, 1.165) is 11.1 Å². The summed E-state index contributed by atoms with van der Waals surface area (Å²) in [6, 6.07) is 6.65. The fraction of sp³-hybridized carbons (Fsp3) is 0.0588. The van der Waals surface area contributed by atoms with Crippen LogP contribution < -0.4 is 5.73 Å². The predicted molar refractivity (Wildman–Crippen MR) is 82.9 cm³/mol. The number of rotatable bonds is 2. The lowest BCUT2D eigenvalue weighted by Crippen LogP contribution is -1.97. The zero-order valence-electron chi connectivity index (χ0n) is 11.6. The number of aromatic nitrogens is 1. The molecule has 0 aliphatic carbocycles. The summed E-state index contributed by atoms with van der Waals surface area (Å²) in [4.78, 5) is 15.0. The maximum atomic E-state index is 11.0. The van der Waals surface area contributed by atoms with Crippen LogP contribution in [0.4, 0.5) is 5.82 Å². The second kappa shape index (κ2) is 5.93. The molecule has 0 unspecified atom stereocenters. The number of aromatic carboxylic acids is 1. The molecule has 1 heterocycles. The van der Waals surface area contributed by atoms with Crippen molar-refractivity contribution in [3.8, 4) is 11.8 Å². The summed E-state index contributed by atoms with van der Waals surface area (Å²) >= 11 is 0. The van der Waals surface area contributed by atoms with Crippen LogP contribution in [-0.2, 0) is 0 Å². The monoisotopic (exact) mass is 278 g/mol. The molecule has 0 radical (unpaired) electrons. The van der Waals surface area contributed by atoms with Crippen molar-refractivity contribution < 1.29 is 9.90 Å². The lowest BCUT2D eigenvalue weighted by Gasteiger charge is -2.01. The Morgan fingerprint density at radius 3 is 2.81 bits per heavy atom. The topological polar surface area (TPSA) is 76.2 Å². The Morgan fingerprint density at radius 2 is 2.14 bits per heavy atom. The van der Waals surface area contributed by atoms with Crippen molar-refractivity contribution in [1.29, 1.82) is 0 Å². The fourth-order valence-corrected chi connectivity index (χ4v) is 1.75. The number of benzene rings is 1. The van der Waals surface area contributed by atoms with E-state index < -0.39 is 5.97 Å². The molecule has 2 rings (SSSR count). The van der Waals surface area contributed by atoms with E-state index in [4.69, 9.17) is 10.8 Å². The van der Waals surface area contributed by atoms with Crippen molar-refractivity contribution in [2.75, 3.05) is 5.73 Å². The highest BCUT2D eigenvalue weighted by molar-refractivity contribution is 5.88. The van der Waals surface area contributed by atoms with Gasteiger partial charge in [0, 0.05) is 22.9 Å². The van der Waals surface area contributed by atoms with Crippen LogP contribution in [0, 0.1) is 18.8 Å². The van der Waals surface area contributed by atoms with Crippen LogP contribution in [0.15, 0.2) is 37.0 Å². The molecule has 1 aromatic heterocycles. The van der Waals surface area contributed by atoms with Crippen molar-refractivity contribution in [3.05, 3.63) is 64.9 Å². The first-order valence-corrected chi connectivity index (χ1v) is 6.25. The SMILES string of the molecule is C=Cc1cc(C#Cc2cc(C(=O)O)ccc2C)cnc1N. The van der Waals surface area contributed by atoms with E-state index in [-0.39, 0.29) is 5.56 Å². The molecule has 1 aromatic carbocycles. The smallest absolute Gasteiger partial charge is 0.335 e. The first-order chi connectivity index (χ1) is 10.0. The summed E-state index contributed by atoms with van der Waals surface area (Å²) < 4.78 is 0. The molecule has 0 saturated heterocycles. The van der Waals surface area contributed by atoms with Gasteiger partial charge in [-0.15, -0.1) is 0 Å². The highest BCUT2D eigenvalue weighted by Crippen LogP contribution is 2.13. The standard InChI is InChI=1S/C17H14N2O2/c1-3-13-8-12(10-19-16(13)18)5-7-14-9-15(17(20)21)6-4-11(14)2/h3-4,6,8-10H,1H2,2H3,(H2,18,19)(H,20,21). The molecule has 2 aromatic rings. The Labute approximate surface area is 123 Å². The Morgan fingerprint density at radius 1 is 1.38 bits per heavy atom. The highest BCUT2D eigenvalue weighted by Gasteiger charge is 2.04. The lowest BCUT2D eigenvalue weighted by atomic mass is 10.0. The van der Waals surface area contributed by atoms with Gasteiger partial charge in [0.2, 0.25) is 0 Å². The van der Waals surface area contributed by atoms with Crippen LogP contribution in [0.5, 0.6) is 0 Å². The van der Waals surface area contributed by atoms with Gasteiger partial charge in [-0.3, -0.25) is 0 Å². The number of nitrogens with zero attached hydrogens (tertiary/aromatic N) is 1. The van der Waals surface area contributed by atoms with Gasteiger partial charge in [0.25, 0.3) is 0 Å². The number of hydrogen-bond acceptors (Lipinski definition) is 3. The average molecular weight is 278 g/mol. The first-order valence-electron chi connectivity index (χ1n) is 6.25. The lowest BCUT2D eigenvalue weighted by molar-refractivity contribution is 0.0697. The van der Waals surface area contributed by atoms with E-state index in [1.807, 2.05) is 6.92 Å². The molecule has 0 fully saturated rings. The van der Waals surface area contributed by atoms with E-state index in [9.17, 15) is 4.79 Å². The van der Waals surface area contributed by atoms with E-state index in [1.54, 1.807) is 36.5 Å². The maximum absolute atomic E-state index is 11.0. The molecule has 0 spiro atoms. The third kappa shape index (κ3) is 3.28. The minimum Gasteiger partial charge on any atom is -0.478 e. The predicted octanol–water partition coefficient (Wildman–Crippen LogP) is 2.71. The second-order valence-corrected chi connectivity index (χ2v) is 4.49. The molecule has 0 saturated carbocycles. The van der Waals surface area contributed by atoms with Crippen LogP contribution in [-0.4, -0.2) is 16.1 Å². The Balaban J connectivity index is 2.41. The van der Waals surface area contributed by atoms with Crippen molar-refractivity contribution in [1.82, 2.24) is 4.98 Å². The molecule has 0 aliphatic rings. The second-order valence-electron chi connectivity index (χ2n) is 4.49. The first kappa shape index (κ1) is 14.4. The van der Waals surface area contributed by atoms with Crippen molar-refractivity contribution in [2.24, 2.45) is 0 Å². The van der Waals surface area contributed by atoms with Crippen molar-refractivity contribution >= 4 is 17.9 Å². The average Bonchev–Trinajstić information content (AvgIpc) is 2.47. The van der Waals surface area contributed by atoms with Gasteiger partial charge < -0.3 is 10.8 Å². The summed E-state index contributed by atoms with van der Waals surface area (Å²) in [5, 5.41) is 9.00. The molecule has 0 bridgehead atoms. The van der Waals surface area contributed by atoms with Gasteiger partial charge in [0.05, 0.1) is 5.56 Å². The molecule has 21 heavy (non-hydrogen) atoms. The Bertz CT molecular complexity index is 783. The molecular formula is C17H14N2O2. The van der Waals surface area contributed by atoms with E-state index in [1.165, 1.54) is 0 Å². The zero-order valence-corrected chi connectivity index (χ0v) is 11.6. The molecule has 4 nitrogen and oxygen atoms in total. The summed E-state index contributed by atoms with van der Waals surface area (Å²) in [5.41, 5.74) is 8.91. The number of aryl methyl sites for hydroxylation is 1. The summed E-state index contributed by atoms with van der Waals surface area (Å²) in [6.07, 6.45) is 3.19. The molecular weight excluding hydrogens is 264 g/mol.